The Kier molecular flexibility index (Phi) is 4.97. The highest BCUT2D eigenvalue weighted by Crippen LogP contribution is 2.30. The molecule has 1 aliphatic carbocycles. The number of hydrogen-bond donors (Lipinski definition) is 1. The monoisotopic (exact) mass is 345 g/mol. The smallest absolute Gasteiger partial charge is 0.318 e. The summed E-state index contributed by atoms with van der Waals surface area (Å²) in [5.41, 5.74) is 2.50. The lowest BCUT2D eigenvalue weighted by molar-refractivity contribution is 0.151. The first-order valence-corrected chi connectivity index (χ1v) is 10.0. The van der Waals surface area contributed by atoms with Crippen LogP contribution in [0.5, 0.6) is 0 Å². The number of aromatic nitrogens is 2. The normalized spacial score (nSPS) is 27.3. The largest absolute Gasteiger partial charge is 0.331 e. The molecule has 2 fully saturated rings. The van der Waals surface area contributed by atoms with Gasteiger partial charge in [-0.15, -0.1) is 0 Å². The summed E-state index contributed by atoms with van der Waals surface area (Å²) in [6.45, 7) is 4.36. The minimum atomic E-state index is 0.126. The lowest BCUT2D eigenvalue weighted by Gasteiger charge is -2.34. The van der Waals surface area contributed by atoms with Crippen LogP contribution in [0.15, 0.2) is 6.20 Å². The number of carbonyl (C=O) groups is 1. The molecule has 1 aromatic heterocycles. The van der Waals surface area contributed by atoms with Crippen molar-refractivity contribution >= 4 is 6.03 Å². The van der Waals surface area contributed by atoms with Crippen molar-refractivity contribution in [3.8, 4) is 0 Å². The molecular weight excluding hydrogens is 314 g/mol. The summed E-state index contributed by atoms with van der Waals surface area (Å²) >= 11 is 0. The molecule has 2 aliphatic heterocycles. The number of amides is 2. The van der Waals surface area contributed by atoms with Crippen LogP contribution < -0.4 is 5.32 Å². The van der Waals surface area contributed by atoms with Gasteiger partial charge in [-0.1, -0.05) is 6.42 Å². The van der Waals surface area contributed by atoms with Crippen LogP contribution in [0, 0.1) is 0 Å². The molecule has 4 rings (SSSR count). The highest BCUT2D eigenvalue weighted by atomic mass is 16.2. The van der Waals surface area contributed by atoms with Crippen LogP contribution >= 0.6 is 0 Å². The number of piperidine rings is 1. The fourth-order valence-corrected chi connectivity index (χ4v) is 4.82. The second-order valence-electron chi connectivity index (χ2n) is 7.92. The molecule has 3 heterocycles. The molecule has 25 heavy (non-hydrogen) atoms. The Labute approximate surface area is 150 Å². The van der Waals surface area contributed by atoms with Crippen molar-refractivity contribution in [1.29, 1.82) is 0 Å². The second kappa shape index (κ2) is 7.36. The summed E-state index contributed by atoms with van der Waals surface area (Å²) in [6, 6.07) is 0.637. The number of hydrogen-bond acceptors (Lipinski definition) is 3. The van der Waals surface area contributed by atoms with E-state index < -0.39 is 0 Å². The highest BCUT2D eigenvalue weighted by Gasteiger charge is 2.33. The van der Waals surface area contributed by atoms with E-state index in [4.69, 9.17) is 0 Å². The minimum absolute atomic E-state index is 0.126. The Bertz CT molecular complexity index is 607. The second-order valence-corrected chi connectivity index (χ2v) is 7.92. The molecule has 0 spiro atoms. The van der Waals surface area contributed by atoms with Gasteiger partial charge < -0.3 is 15.1 Å². The van der Waals surface area contributed by atoms with E-state index in [-0.39, 0.29) is 12.1 Å². The molecule has 0 bridgehead atoms. The van der Waals surface area contributed by atoms with E-state index >= 15 is 0 Å². The number of likely N-dealkylation sites (tertiary alicyclic amines) is 2. The van der Waals surface area contributed by atoms with E-state index in [2.05, 4.69) is 20.2 Å². The molecular formula is C19H31N5O. The van der Waals surface area contributed by atoms with Crippen LogP contribution in [0.4, 0.5) is 4.79 Å². The highest BCUT2D eigenvalue weighted by molar-refractivity contribution is 5.75. The summed E-state index contributed by atoms with van der Waals surface area (Å²) in [5, 5.41) is 7.70. The van der Waals surface area contributed by atoms with E-state index in [9.17, 15) is 4.79 Å². The van der Waals surface area contributed by atoms with Crippen LogP contribution in [0.1, 0.15) is 62.2 Å². The topological polar surface area (TPSA) is 53.4 Å². The Morgan fingerprint density at radius 2 is 2.00 bits per heavy atom. The third-order valence-electron chi connectivity index (χ3n) is 6.23. The van der Waals surface area contributed by atoms with Gasteiger partial charge in [-0.25, -0.2) is 4.79 Å². The number of nitrogens with one attached hydrogen (secondary N) is 1. The zero-order valence-corrected chi connectivity index (χ0v) is 15.4. The third kappa shape index (κ3) is 3.54. The summed E-state index contributed by atoms with van der Waals surface area (Å²) in [6.07, 6.45) is 11.4. The van der Waals surface area contributed by atoms with Gasteiger partial charge in [0.25, 0.3) is 0 Å². The van der Waals surface area contributed by atoms with Gasteiger partial charge in [0.1, 0.15) is 0 Å². The van der Waals surface area contributed by atoms with Crippen LogP contribution in [0.25, 0.3) is 0 Å². The molecule has 0 saturated carbocycles. The van der Waals surface area contributed by atoms with Crippen molar-refractivity contribution < 1.29 is 4.79 Å². The van der Waals surface area contributed by atoms with Gasteiger partial charge in [0, 0.05) is 37.4 Å². The molecule has 0 unspecified atom stereocenters. The quantitative estimate of drug-likeness (QED) is 0.915. The number of aryl methyl sites for hydroxylation is 1. The van der Waals surface area contributed by atoms with E-state index in [1.165, 1.54) is 43.6 Å². The predicted octanol–water partition coefficient (Wildman–Crippen LogP) is 2.46. The molecule has 0 aromatic carbocycles. The van der Waals surface area contributed by atoms with Crippen LogP contribution in [0.3, 0.4) is 0 Å². The van der Waals surface area contributed by atoms with Crippen LogP contribution in [0.2, 0.25) is 0 Å². The maximum atomic E-state index is 13.0. The molecule has 6 nitrogen and oxygen atoms in total. The van der Waals surface area contributed by atoms with E-state index in [0.717, 1.165) is 45.2 Å². The maximum absolute atomic E-state index is 13.0. The summed E-state index contributed by atoms with van der Waals surface area (Å²) in [5.74, 6) is 0. The minimum Gasteiger partial charge on any atom is -0.331 e. The van der Waals surface area contributed by atoms with Crippen molar-refractivity contribution in [2.24, 2.45) is 7.05 Å². The number of fused-ring (bicyclic) bond motifs is 1. The first-order valence-electron chi connectivity index (χ1n) is 10.0. The van der Waals surface area contributed by atoms with Gasteiger partial charge in [-0.05, 0) is 58.0 Å². The summed E-state index contributed by atoms with van der Waals surface area (Å²) in [4.78, 5) is 17.6. The molecule has 0 radical (unpaired) electrons. The van der Waals surface area contributed by atoms with Gasteiger partial charge in [0.2, 0.25) is 0 Å². The number of carbonyl (C=O) groups excluding carboxylic acids is 1. The van der Waals surface area contributed by atoms with Gasteiger partial charge in [0.15, 0.2) is 0 Å². The number of urea groups is 1. The van der Waals surface area contributed by atoms with Gasteiger partial charge in [-0.3, -0.25) is 4.68 Å². The van der Waals surface area contributed by atoms with Crippen molar-refractivity contribution in [2.75, 3.05) is 26.2 Å². The molecule has 2 saturated heterocycles. The van der Waals surface area contributed by atoms with E-state index in [0.29, 0.717) is 6.04 Å². The fraction of sp³-hybridized carbons (Fsp3) is 0.789. The standard InChI is InChI=1S/C19H31N5O/c1-22-18-9-5-8-17(16(18)13-20-22)21-19(25)24-12-6-7-15(24)14-23-10-3-2-4-11-23/h13,15,17H,2-12,14H2,1H3,(H,21,25)/t15-,17-/m0/s1. The van der Waals surface area contributed by atoms with Crippen molar-refractivity contribution in [1.82, 2.24) is 24.9 Å². The molecule has 2 amide bonds. The third-order valence-corrected chi connectivity index (χ3v) is 6.23. The first-order chi connectivity index (χ1) is 12.2. The lowest BCUT2D eigenvalue weighted by Crippen LogP contribution is -2.49. The average molecular weight is 345 g/mol. The fourth-order valence-electron chi connectivity index (χ4n) is 4.82. The summed E-state index contributed by atoms with van der Waals surface area (Å²) in [7, 11) is 2.00. The van der Waals surface area contributed by atoms with Crippen LogP contribution in [-0.2, 0) is 13.5 Å². The Hall–Kier alpha value is -1.56. The Morgan fingerprint density at radius 3 is 2.84 bits per heavy atom. The van der Waals surface area contributed by atoms with Crippen LogP contribution in [-0.4, -0.2) is 57.8 Å². The van der Waals surface area contributed by atoms with E-state index in [1.54, 1.807) is 0 Å². The van der Waals surface area contributed by atoms with Gasteiger partial charge in [0.05, 0.1) is 12.2 Å². The maximum Gasteiger partial charge on any atom is 0.318 e. The molecule has 1 N–H and O–H groups in total. The number of nitrogens with zero attached hydrogens (tertiary/aromatic N) is 4. The van der Waals surface area contributed by atoms with Gasteiger partial charge >= 0.3 is 6.03 Å². The predicted molar refractivity (Wildman–Crippen MR) is 97.4 cm³/mol. The Balaban J connectivity index is 1.38. The average Bonchev–Trinajstić information content (AvgIpc) is 3.24. The molecule has 6 heteroatoms. The molecule has 2 atom stereocenters. The number of rotatable bonds is 3. The van der Waals surface area contributed by atoms with Crippen molar-refractivity contribution in [3.63, 3.8) is 0 Å². The van der Waals surface area contributed by atoms with Crippen molar-refractivity contribution in [2.45, 2.75) is 63.5 Å². The first kappa shape index (κ1) is 16.9. The Morgan fingerprint density at radius 1 is 1.16 bits per heavy atom. The molecule has 1 aromatic rings. The SMILES string of the molecule is Cn1ncc2c1CCC[C@@H]2NC(=O)N1CCC[C@H]1CN1CCCCC1. The molecule has 138 valence electrons. The molecule has 3 aliphatic rings. The van der Waals surface area contributed by atoms with Gasteiger partial charge in [-0.2, -0.15) is 5.10 Å². The summed E-state index contributed by atoms with van der Waals surface area (Å²) < 4.78 is 1.96. The zero-order chi connectivity index (χ0) is 17.2. The lowest BCUT2D eigenvalue weighted by atomic mass is 9.93. The zero-order valence-electron chi connectivity index (χ0n) is 15.4. The van der Waals surface area contributed by atoms with Crippen molar-refractivity contribution in [3.05, 3.63) is 17.5 Å². The van der Waals surface area contributed by atoms with E-state index in [1.807, 2.05) is 17.9 Å².